The molecule has 0 aliphatic carbocycles. The molecule has 4 heterocycles. The van der Waals surface area contributed by atoms with Crippen molar-refractivity contribution in [3.05, 3.63) is 16.3 Å². The molecule has 1 aromatic heterocycles. The zero-order valence-corrected chi connectivity index (χ0v) is 20.9. The first kappa shape index (κ1) is 23.9. The van der Waals surface area contributed by atoms with Crippen molar-refractivity contribution in [2.24, 2.45) is 0 Å². The second-order valence-corrected chi connectivity index (χ2v) is 11.1. The van der Waals surface area contributed by atoms with Crippen LogP contribution in [-0.2, 0) is 4.74 Å². The number of aromatic nitrogens is 1. The van der Waals surface area contributed by atoms with Crippen LogP contribution in [0.25, 0.3) is 0 Å². The van der Waals surface area contributed by atoms with Gasteiger partial charge in [-0.3, -0.25) is 4.79 Å². The molecule has 0 saturated carbocycles. The van der Waals surface area contributed by atoms with Gasteiger partial charge in [-0.2, -0.15) is 0 Å². The molecular formula is C23H33ClN4O5. The summed E-state index contributed by atoms with van der Waals surface area (Å²) in [4.78, 5) is 36.4. The van der Waals surface area contributed by atoms with Crippen LogP contribution in [0.5, 0.6) is 5.75 Å². The van der Waals surface area contributed by atoms with Crippen molar-refractivity contribution in [2.45, 2.75) is 71.2 Å². The van der Waals surface area contributed by atoms with E-state index in [0.29, 0.717) is 55.3 Å². The van der Waals surface area contributed by atoms with Crippen molar-refractivity contribution in [3.8, 4) is 5.75 Å². The molecule has 2 atom stereocenters. The minimum Gasteiger partial charge on any atom is -0.490 e. The topological polar surface area (TPSA) is 95.4 Å². The fourth-order valence-corrected chi connectivity index (χ4v) is 5.01. The van der Waals surface area contributed by atoms with Crippen molar-refractivity contribution in [2.75, 3.05) is 37.7 Å². The number of carbonyl (C=O) groups is 2. The molecule has 4 rings (SSSR count). The number of aliphatic hydroxyl groups excluding tert-OH is 1. The average molecular weight is 481 g/mol. The largest absolute Gasteiger partial charge is 0.490 e. The Labute approximate surface area is 199 Å². The van der Waals surface area contributed by atoms with Crippen LogP contribution < -0.4 is 9.64 Å². The van der Waals surface area contributed by atoms with Gasteiger partial charge in [-0.1, -0.05) is 11.6 Å². The number of amides is 2. The maximum Gasteiger partial charge on any atom is 0.410 e. The number of nitrogens with zero attached hydrogens (tertiary/aromatic N) is 4. The van der Waals surface area contributed by atoms with E-state index in [1.54, 1.807) is 16.7 Å². The molecule has 1 unspecified atom stereocenters. The highest BCUT2D eigenvalue weighted by Gasteiger charge is 2.45. The number of rotatable bonds is 1. The number of hydrogen-bond acceptors (Lipinski definition) is 7. The highest BCUT2D eigenvalue weighted by Crippen LogP contribution is 2.42. The van der Waals surface area contributed by atoms with Gasteiger partial charge in [0.25, 0.3) is 5.91 Å². The van der Waals surface area contributed by atoms with Gasteiger partial charge in [-0.15, -0.1) is 0 Å². The summed E-state index contributed by atoms with van der Waals surface area (Å²) in [7, 11) is 0. The van der Waals surface area contributed by atoms with E-state index in [0.717, 1.165) is 0 Å². The van der Waals surface area contributed by atoms with Gasteiger partial charge in [-0.05, 0) is 48.0 Å². The third-order valence-electron chi connectivity index (χ3n) is 6.45. The number of hydrogen-bond donors (Lipinski definition) is 1. The fourth-order valence-electron chi connectivity index (χ4n) is 4.85. The molecule has 2 saturated heterocycles. The third-order valence-corrected chi connectivity index (χ3v) is 6.82. The first-order valence-corrected chi connectivity index (χ1v) is 11.7. The van der Waals surface area contributed by atoms with Crippen LogP contribution in [0.1, 0.15) is 57.0 Å². The zero-order chi connectivity index (χ0) is 24.3. The van der Waals surface area contributed by atoms with E-state index in [-0.39, 0.29) is 23.7 Å². The minimum atomic E-state index is -0.595. The average Bonchev–Trinajstić information content (AvgIpc) is 2.89. The van der Waals surface area contributed by atoms with Crippen LogP contribution in [0.15, 0.2) is 0 Å². The zero-order valence-electron chi connectivity index (χ0n) is 20.1. The quantitative estimate of drug-likeness (QED) is 0.617. The second kappa shape index (κ2) is 8.20. The highest BCUT2D eigenvalue weighted by molar-refractivity contribution is 6.30. The molecule has 2 fully saturated rings. The van der Waals surface area contributed by atoms with Crippen LogP contribution in [-0.4, -0.2) is 88.0 Å². The standard InChI is InChI=1S/C23H33ClN4O5/c1-13-17-16(19(25-18(13)24)28-11-15(29)9-23(28,5)6)20(30)27-8-7-26(10-14(27)12-32-17)21(31)33-22(2,3)4/h14-15,29H,7-12H2,1-6H3/t14-,15?/m1/s1. The summed E-state index contributed by atoms with van der Waals surface area (Å²) in [6.45, 7) is 12.9. The van der Waals surface area contributed by atoms with Crippen molar-refractivity contribution >= 4 is 29.4 Å². The van der Waals surface area contributed by atoms with Gasteiger partial charge in [0.1, 0.15) is 34.5 Å². The monoisotopic (exact) mass is 480 g/mol. The number of carbonyl (C=O) groups excluding carboxylic acids is 2. The Balaban J connectivity index is 1.68. The molecular weight excluding hydrogens is 448 g/mol. The molecule has 2 amide bonds. The lowest BCUT2D eigenvalue weighted by molar-refractivity contribution is 0.000934. The Morgan fingerprint density at radius 2 is 1.97 bits per heavy atom. The third kappa shape index (κ3) is 4.45. The summed E-state index contributed by atoms with van der Waals surface area (Å²) in [6.07, 6.45) is -0.364. The smallest absolute Gasteiger partial charge is 0.410 e. The summed E-state index contributed by atoms with van der Waals surface area (Å²) in [5.74, 6) is 0.656. The van der Waals surface area contributed by atoms with Crippen LogP contribution in [0.2, 0.25) is 5.15 Å². The number of ether oxygens (including phenoxy) is 2. The van der Waals surface area contributed by atoms with E-state index in [2.05, 4.69) is 4.98 Å². The van der Waals surface area contributed by atoms with Gasteiger partial charge >= 0.3 is 6.09 Å². The van der Waals surface area contributed by atoms with Crippen LogP contribution in [0, 0.1) is 6.92 Å². The summed E-state index contributed by atoms with van der Waals surface area (Å²) in [5, 5.41) is 10.6. The molecule has 3 aliphatic rings. The highest BCUT2D eigenvalue weighted by atomic mass is 35.5. The summed E-state index contributed by atoms with van der Waals surface area (Å²) in [6, 6.07) is -0.325. The van der Waals surface area contributed by atoms with E-state index in [4.69, 9.17) is 21.1 Å². The minimum absolute atomic E-state index is 0.198. The molecule has 10 heteroatoms. The van der Waals surface area contributed by atoms with E-state index in [1.165, 1.54) is 0 Å². The van der Waals surface area contributed by atoms with Crippen LogP contribution in [0.4, 0.5) is 10.6 Å². The lowest BCUT2D eigenvalue weighted by atomic mass is 10.00. The molecule has 9 nitrogen and oxygen atoms in total. The van der Waals surface area contributed by atoms with Crippen LogP contribution >= 0.6 is 11.6 Å². The van der Waals surface area contributed by atoms with E-state index >= 15 is 0 Å². The van der Waals surface area contributed by atoms with Gasteiger partial charge in [0.2, 0.25) is 0 Å². The van der Waals surface area contributed by atoms with Gasteiger partial charge in [0.15, 0.2) is 0 Å². The lowest BCUT2D eigenvalue weighted by Crippen LogP contribution is -2.58. The van der Waals surface area contributed by atoms with Gasteiger partial charge in [0.05, 0.1) is 12.1 Å². The van der Waals surface area contributed by atoms with E-state index < -0.39 is 23.3 Å². The van der Waals surface area contributed by atoms with Gasteiger partial charge in [-0.25, -0.2) is 9.78 Å². The summed E-state index contributed by atoms with van der Waals surface area (Å²) in [5.41, 5.74) is -0.0282. The predicted molar refractivity (Wildman–Crippen MR) is 124 cm³/mol. The van der Waals surface area contributed by atoms with Crippen LogP contribution in [0.3, 0.4) is 0 Å². The normalized spacial score (nSPS) is 24.7. The predicted octanol–water partition coefficient (Wildman–Crippen LogP) is 2.85. The number of fused-ring (bicyclic) bond motifs is 2. The summed E-state index contributed by atoms with van der Waals surface area (Å²) < 4.78 is 11.7. The Bertz CT molecular complexity index is 977. The Morgan fingerprint density at radius 3 is 2.58 bits per heavy atom. The van der Waals surface area contributed by atoms with Crippen molar-refractivity contribution in [1.82, 2.24) is 14.8 Å². The molecule has 33 heavy (non-hydrogen) atoms. The molecule has 1 N–H and O–H groups in total. The number of β-amino-alcohol motifs (C(OH)–C–C–N with tert-alkyl or cyclic N) is 1. The molecule has 3 aliphatic heterocycles. The number of aliphatic hydroxyl groups is 1. The number of anilines is 1. The number of halogens is 1. The van der Waals surface area contributed by atoms with Crippen molar-refractivity contribution in [1.29, 1.82) is 0 Å². The first-order chi connectivity index (χ1) is 15.3. The van der Waals surface area contributed by atoms with Crippen molar-refractivity contribution < 1.29 is 24.2 Å². The second-order valence-electron chi connectivity index (χ2n) is 10.7. The SMILES string of the molecule is Cc1c(Cl)nc(N2CC(O)CC2(C)C)c2c1OC[C@H]1CN(C(=O)OC(C)(C)C)CCN1C2=O. The Morgan fingerprint density at radius 1 is 1.27 bits per heavy atom. The molecule has 0 bridgehead atoms. The molecule has 1 aromatic rings. The molecule has 0 spiro atoms. The number of pyridine rings is 1. The van der Waals surface area contributed by atoms with Gasteiger partial charge in [0, 0.05) is 37.3 Å². The maximum absolute atomic E-state index is 13.8. The van der Waals surface area contributed by atoms with Crippen molar-refractivity contribution in [3.63, 3.8) is 0 Å². The molecule has 0 aromatic carbocycles. The van der Waals surface area contributed by atoms with E-state index in [1.807, 2.05) is 39.5 Å². The lowest BCUT2D eigenvalue weighted by Gasteiger charge is -2.40. The molecule has 0 radical (unpaired) electrons. The van der Waals surface area contributed by atoms with E-state index in [9.17, 15) is 14.7 Å². The van der Waals surface area contributed by atoms with Gasteiger partial charge < -0.3 is 29.3 Å². The maximum atomic E-state index is 13.8. The fraction of sp³-hybridized carbons (Fsp3) is 0.696. The Hall–Kier alpha value is -2.26. The Kier molecular flexibility index (Phi) is 5.93. The number of piperazine rings is 1. The summed E-state index contributed by atoms with van der Waals surface area (Å²) >= 11 is 6.46. The first-order valence-electron chi connectivity index (χ1n) is 11.4. The molecule has 182 valence electrons.